The summed E-state index contributed by atoms with van der Waals surface area (Å²) in [6, 6.07) is 24.5. The second-order valence-electron chi connectivity index (χ2n) is 11.0. The van der Waals surface area contributed by atoms with Crippen molar-refractivity contribution in [2.24, 2.45) is 5.92 Å². The van der Waals surface area contributed by atoms with Crippen molar-refractivity contribution in [1.29, 1.82) is 0 Å². The van der Waals surface area contributed by atoms with Gasteiger partial charge in [-0.05, 0) is 111 Å². The zero-order valence-electron chi connectivity index (χ0n) is 22.2. The molecular weight excluding hydrogens is 440 g/mol. The van der Waals surface area contributed by atoms with Gasteiger partial charge in [0, 0.05) is 19.6 Å². The lowest BCUT2D eigenvalue weighted by Gasteiger charge is -2.32. The molecule has 0 aliphatic carbocycles. The van der Waals surface area contributed by atoms with Crippen molar-refractivity contribution in [3.05, 3.63) is 100 Å². The zero-order valence-corrected chi connectivity index (χ0v) is 22.2. The highest BCUT2D eigenvalue weighted by Crippen LogP contribution is 2.27. The summed E-state index contributed by atoms with van der Waals surface area (Å²) < 4.78 is 6.29. The lowest BCUT2D eigenvalue weighted by Crippen LogP contribution is -2.33. The molecular formula is C33H42N2O. The van der Waals surface area contributed by atoms with Gasteiger partial charge in [0.25, 0.3) is 0 Å². The molecule has 2 heterocycles. The largest absolute Gasteiger partial charge is 0.494 e. The van der Waals surface area contributed by atoms with E-state index in [4.69, 9.17) is 4.74 Å². The van der Waals surface area contributed by atoms with Crippen LogP contribution in [0, 0.1) is 19.8 Å². The van der Waals surface area contributed by atoms with E-state index in [0.29, 0.717) is 0 Å². The van der Waals surface area contributed by atoms with Gasteiger partial charge in [0.05, 0.1) is 6.61 Å². The Morgan fingerprint density at radius 1 is 0.806 bits per heavy atom. The van der Waals surface area contributed by atoms with Gasteiger partial charge in [-0.3, -0.25) is 9.80 Å². The summed E-state index contributed by atoms with van der Waals surface area (Å²) in [6.07, 6.45) is 6.12. The van der Waals surface area contributed by atoms with E-state index in [1.165, 1.54) is 72.2 Å². The molecule has 36 heavy (non-hydrogen) atoms. The lowest BCUT2D eigenvalue weighted by atomic mass is 9.93. The molecule has 1 fully saturated rings. The topological polar surface area (TPSA) is 15.7 Å². The van der Waals surface area contributed by atoms with Crippen LogP contribution in [0.25, 0.3) is 0 Å². The Labute approximate surface area is 218 Å². The predicted molar refractivity (Wildman–Crippen MR) is 149 cm³/mol. The Kier molecular flexibility index (Phi) is 8.40. The van der Waals surface area contributed by atoms with Crippen molar-refractivity contribution in [2.45, 2.75) is 65.6 Å². The summed E-state index contributed by atoms with van der Waals surface area (Å²) in [4.78, 5) is 5.21. The predicted octanol–water partition coefficient (Wildman–Crippen LogP) is 6.93. The highest BCUT2D eigenvalue weighted by atomic mass is 16.5. The molecule has 1 saturated heterocycles. The number of fused-ring (bicyclic) bond motifs is 1. The first-order chi connectivity index (χ1) is 17.6. The third-order valence-corrected chi connectivity index (χ3v) is 8.14. The summed E-state index contributed by atoms with van der Waals surface area (Å²) >= 11 is 0. The monoisotopic (exact) mass is 482 g/mol. The van der Waals surface area contributed by atoms with E-state index in [1.54, 1.807) is 0 Å². The van der Waals surface area contributed by atoms with Crippen LogP contribution >= 0.6 is 0 Å². The normalized spacial score (nSPS) is 17.5. The molecule has 2 aliphatic rings. The van der Waals surface area contributed by atoms with Crippen LogP contribution in [0.15, 0.2) is 66.7 Å². The lowest BCUT2D eigenvalue weighted by molar-refractivity contribution is 0.157. The van der Waals surface area contributed by atoms with Gasteiger partial charge in [0.1, 0.15) is 5.75 Å². The molecule has 0 N–H and O–H groups in total. The van der Waals surface area contributed by atoms with Gasteiger partial charge in [-0.2, -0.15) is 0 Å². The fraction of sp³-hybridized carbons (Fsp3) is 0.455. The molecule has 0 amide bonds. The highest BCUT2D eigenvalue weighted by Gasteiger charge is 2.20. The molecule has 3 aromatic carbocycles. The fourth-order valence-corrected chi connectivity index (χ4v) is 5.90. The number of piperidine rings is 1. The van der Waals surface area contributed by atoms with Crippen molar-refractivity contribution in [1.82, 2.24) is 9.80 Å². The minimum Gasteiger partial charge on any atom is -0.494 e. The van der Waals surface area contributed by atoms with E-state index >= 15 is 0 Å². The Hall–Kier alpha value is -2.62. The molecule has 0 unspecified atom stereocenters. The standard InChI is InChI=1S/C33H42N2O/c1-26-7-5-9-29(21-26)23-35-17-6-11-30-12-13-33(22-32(30)25-35)36-20-16-28-14-18-34(19-15-28)24-31-10-4-3-8-27(31)2/h3-5,7-10,12-13,21-22,28H,6,11,14-20,23-25H2,1-2H3. The first kappa shape index (κ1) is 25.0. The summed E-state index contributed by atoms with van der Waals surface area (Å²) in [5.41, 5.74) is 8.58. The van der Waals surface area contributed by atoms with Crippen LogP contribution in [0.4, 0.5) is 0 Å². The SMILES string of the molecule is Cc1cccc(CN2CCCc3ccc(OCCC4CCN(Cc5ccccc5C)CC4)cc3C2)c1. The Morgan fingerprint density at radius 3 is 2.50 bits per heavy atom. The Balaban J connectivity index is 1.09. The first-order valence-corrected chi connectivity index (χ1v) is 13.9. The summed E-state index contributed by atoms with van der Waals surface area (Å²) in [7, 11) is 0. The number of benzene rings is 3. The van der Waals surface area contributed by atoms with Crippen molar-refractivity contribution in [3.63, 3.8) is 0 Å². The third-order valence-electron chi connectivity index (χ3n) is 8.14. The molecule has 2 aliphatic heterocycles. The number of nitrogens with zero attached hydrogens (tertiary/aromatic N) is 2. The van der Waals surface area contributed by atoms with Crippen LogP contribution in [0.5, 0.6) is 5.75 Å². The molecule has 0 saturated carbocycles. The maximum atomic E-state index is 6.29. The average molecular weight is 483 g/mol. The van der Waals surface area contributed by atoms with E-state index in [1.807, 2.05) is 0 Å². The van der Waals surface area contributed by atoms with Crippen LogP contribution < -0.4 is 4.74 Å². The summed E-state index contributed by atoms with van der Waals surface area (Å²) in [5.74, 6) is 1.83. The molecule has 5 rings (SSSR count). The number of ether oxygens (including phenoxy) is 1. The van der Waals surface area contributed by atoms with Gasteiger partial charge in [-0.1, -0.05) is 60.2 Å². The van der Waals surface area contributed by atoms with Crippen molar-refractivity contribution in [2.75, 3.05) is 26.2 Å². The van der Waals surface area contributed by atoms with Gasteiger partial charge >= 0.3 is 0 Å². The van der Waals surface area contributed by atoms with Gasteiger partial charge in [0.15, 0.2) is 0 Å². The second kappa shape index (κ2) is 12.1. The zero-order chi connectivity index (χ0) is 24.7. The Bertz CT molecular complexity index is 1130. The molecule has 3 aromatic rings. The molecule has 3 heteroatoms. The summed E-state index contributed by atoms with van der Waals surface area (Å²) in [6.45, 7) is 11.9. The van der Waals surface area contributed by atoms with Gasteiger partial charge in [0.2, 0.25) is 0 Å². The van der Waals surface area contributed by atoms with E-state index in [2.05, 4.69) is 90.4 Å². The van der Waals surface area contributed by atoms with Crippen LogP contribution in [-0.2, 0) is 26.1 Å². The van der Waals surface area contributed by atoms with E-state index in [-0.39, 0.29) is 0 Å². The number of hydrogen-bond acceptors (Lipinski definition) is 3. The minimum atomic E-state index is 0.781. The van der Waals surface area contributed by atoms with Gasteiger partial charge < -0.3 is 4.74 Å². The number of likely N-dealkylation sites (tertiary alicyclic amines) is 1. The molecule has 0 radical (unpaired) electrons. The van der Waals surface area contributed by atoms with Crippen LogP contribution in [-0.4, -0.2) is 36.0 Å². The van der Waals surface area contributed by atoms with E-state index in [9.17, 15) is 0 Å². The molecule has 190 valence electrons. The Morgan fingerprint density at radius 2 is 1.67 bits per heavy atom. The fourth-order valence-electron chi connectivity index (χ4n) is 5.90. The molecule has 3 nitrogen and oxygen atoms in total. The molecule has 0 spiro atoms. The summed E-state index contributed by atoms with van der Waals surface area (Å²) in [5, 5.41) is 0. The van der Waals surface area contributed by atoms with Crippen LogP contribution in [0.3, 0.4) is 0 Å². The quantitative estimate of drug-likeness (QED) is 0.346. The average Bonchev–Trinajstić information content (AvgIpc) is 3.08. The molecule has 0 atom stereocenters. The highest BCUT2D eigenvalue weighted by molar-refractivity contribution is 5.36. The number of aryl methyl sites for hydroxylation is 3. The van der Waals surface area contributed by atoms with Gasteiger partial charge in [-0.15, -0.1) is 0 Å². The van der Waals surface area contributed by atoms with Gasteiger partial charge in [-0.25, -0.2) is 0 Å². The number of rotatable bonds is 8. The maximum Gasteiger partial charge on any atom is 0.119 e. The maximum absolute atomic E-state index is 6.29. The smallest absolute Gasteiger partial charge is 0.119 e. The number of hydrogen-bond donors (Lipinski definition) is 0. The minimum absolute atomic E-state index is 0.781. The first-order valence-electron chi connectivity index (χ1n) is 13.9. The van der Waals surface area contributed by atoms with Crippen molar-refractivity contribution < 1.29 is 4.74 Å². The van der Waals surface area contributed by atoms with Crippen molar-refractivity contribution >= 4 is 0 Å². The van der Waals surface area contributed by atoms with Crippen LogP contribution in [0.1, 0.15) is 59.1 Å². The van der Waals surface area contributed by atoms with Crippen LogP contribution in [0.2, 0.25) is 0 Å². The second-order valence-corrected chi connectivity index (χ2v) is 11.0. The van der Waals surface area contributed by atoms with E-state index < -0.39 is 0 Å². The molecule has 0 aromatic heterocycles. The third kappa shape index (κ3) is 6.78. The van der Waals surface area contributed by atoms with Crippen molar-refractivity contribution in [3.8, 4) is 5.75 Å². The molecule has 0 bridgehead atoms. The van der Waals surface area contributed by atoms with E-state index in [0.717, 1.165) is 50.9 Å².